The highest BCUT2D eigenvalue weighted by molar-refractivity contribution is 7.86. The van der Waals surface area contributed by atoms with Crippen LogP contribution in [0.15, 0.2) is 29.2 Å². The second-order valence-electron chi connectivity index (χ2n) is 4.15. The van der Waals surface area contributed by atoms with Crippen LogP contribution in [0, 0.1) is 0 Å². The lowest BCUT2D eigenvalue weighted by Crippen LogP contribution is -2.45. The van der Waals surface area contributed by atoms with Crippen LogP contribution in [0.3, 0.4) is 0 Å². The fourth-order valence-corrected chi connectivity index (χ4v) is 2.26. The van der Waals surface area contributed by atoms with Gasteiger partial charge >= 0.3 is 11.5 Å². The molecule has 0 spiro atoms. The van der Waals surface area contributed by atoms with Crippen LogP contribution in [0.2, 0.25) is 0 Å². The van der Waals surface area contributed by atoms with Gasteiger partial charge in [0.05, 0.1) is 10.6 Å². The average Bonchev–Trinajstić information content (AvgIpc) is 2.45. The molecule has 0 aliphatic heterocycles. The SMILES string of the molecule is CNC(=O)[C@@H](C)NC(=O)Nc1ccccc1S(=O)C(F)(F)F. The summed E-state index contributed by atoms with van der Waals surface area (Å²) >= 11 is 0. The summed E-state index contributed by atoms with van der Waals surface area (Å²) in [6.07, 6.45) is 0. The van der Waals surface area contributed by atoms with Crippen LogP contribution >= 0.6 is 0 Å². The van der Waals surface area contributed by atoms with Crippen molar-refractivity contribution in [1.29, 1.82) is 0 Å². The van der Waals surface area contributed by atoms with Crippen molar-refractivity contribution in [2.75, 3.05) is 12.4 Å². The van der Waals surface area contributed by atoms with Gasteiger partial charge in [0, 0.05) is 7.05 Å². The van der Waals surface area contributed by atoms with Crippen LogP contribution in [-0.2, 0) is 15.6 Å². The Morgan fingerprint density at radius 3 is 2.36 bits per heavy atom. The Balaban J connectivity index is 2.89. The number of likely N-dealkylation sites (N-methyl/N-ethyl adjacent to an activating group) is 1. The Hall–Kier alpha value is -2.10. The number of nitrogens with one attached hydrogen (secondary N) is 3. The van der Waals surface area contributed by atoms with Crippen LogP contribution < -0.4 is 16.0 Å². The first-order valence-corrected chi connectivity index (χ1v) is 7.18. The van der Waals surface area contributed by atoms with Crippen LogP contribution in [0.25, 0.3) is 0 Å². The van der Waals surface area contributed by atoms with Gasteiger partial charge in [-0.2, -0.15) is 13.2 Å². The summed E-state index contributed by atoms with van der Waals surface area (Å²) in [6.45, 7) is 1.40. The number of rotatable bonds is 4. The molecule has 0 radical (unpaired) electrons. The highest BCUT2D eigenvalue weighted by Gasteiger charge is 2.39. The molecule has 10 heteroatoms. The molecule has 1 aromatic rings. The summed E-state index contributed by atoms with van der Waals surface area (Å²) in [5.41, 5.74) is -5.19. The fourth-order valence-electron chi connectivity index (χ4n) is 1.49. The smallest absolute Gasteiger partial charge is 0.357 e. The summed E-state index contributed by atoms with van der Waals surface area (Å²) in [5.74, 6) is -0.470. The molecule has 6 nitrogen and oxygen atoms in total. The lowest BCUT2D eigenvalue weighted by Gasteiger charge is -2.15. The lowest BCUT2D eigenvalue weighted by molar-refractivity contribution is -0.122. The number of urea groups is 1. The van der Waals surface area contributed by atoms with Crippen molar-refractivity contribution in [3.63, 3.8) is 0 Å². The quantitative estimate of drug-likeness (QED) is 0.779. The molecule has 0 saturated carbocycles. The first-order chi connectivity index (χ1) is 10.2. The highest BCUT2D eigenvalue weighted by atomic mass is 32.2. The van der Waals surface area contributed by atoms with E-state index in [1.165, 1.54) is 32.2 Å². The summed E-state index contributed by atoms with van der Waals surface area (Å²) < 4.78 is 49.0. The number of benzene rings is 1. The van der Waals surface area contributed by atoms with Gasteiger partial charge in [0.15, 0.2) is 10.8 Å². The van der Waals surface area contributed by atoms with Crippen molar-refractivity contribution in [1.82, 2.24) is 10.6 Å². The number of hydrogen-bond acceptors (Lipinski definition) is 3. The number of amides is 3. The number of anilines is 1. The van der Waals surface area contributed by atoms with Gasteiger partial charge in [-0.1, -0.05) is 12.1 Å². The van der Waals surface area contributed by atoms with Crippen molar-refractivity contribution in [2.45, 2.75) is 23.4 Å². The van der Waals surface area contributed by atoms with Crippen LogP contribution in [0.1, 0.15) is 6.92 Å². The summed E-state index contributed by atoms with van der Waals surface area (Å²) in [7, 11) is -1.90. The predicted octanol–water partition coefficient (Wildman–Crippen LogP) is 1.57. The molecular formula is C12H14F3N3O3S. The third-order valence-corrected chi connectivity index (χ3v) is 3.71. The van der Waals surface area contributed by atoms with Crippen LogP contribution in [-0.4, -0.2) is 34.7 Å². The molecule has 0 aromatic heterocycles. The molecule has 2 atom stereocenters. The zero-order valence-corrected chi connectivity index (χ0v) is 12.5. The van der Waals surface area contributed by atoms with E-state index in [2.05, 4.69) is 16.0 Å². The Kier molecular flexibility index (Phi) is 5.92. The minimum Gasteiger partial charge on any atom is -0.357 e. The van der Waals surface area contributed by atoms with E-state index >= 15 is 0 Å². The van der Waals surface area contributed by atoms with E-state index in [1.807, 2.05) is 0 Å². The molecule has 0 heterocycles. The molecule has 0 saturated heterocycles. The highest BCUT2D eigenvalue weighted by Crippen LogP contribution is 2.30. The Morgan fingerprint density at radius 1 is 1.23 bits per heavy atom. The molecule has 1 rings (SSSR count). The van der Waals surface area contributed by atoms with Gasteiger partial charge in [-0.25, -0.2) is 9.00 Å². The van der Waals surface area contributed by atoms with Crippen molar-refractivity contribution < 1.29 is 27.0 Å². The Morgan fingerprint density at radius 2 is 1.82 bits per heavy atom. The molecule has 3 amide bonds. The summed E-state index contributed by atoms with van der Waals surface area (Å²) in [5, 5.41) is 6.70. The third-order valence-electron chi connectivity index (χ3n) is 2.53. The van der Waals surface area contributed by atoms with Gasteiger partial charge in [0.25, 0.3) is 0 Å². The maximum Gasteiger partial charge on any atom is 0.475 e. The number of para-hydroxylation sites is 1. The average molecular weight is 337 g/mol. The zero-order valence-electron chi connectivity index (χ0n) is 11.7. The first kappa shape index (κ1) is 18.0. The van der Waals surface area contributed by atoms with Gasteiger partial charge < -0.3 is 16.0 Å². The van der Waals surface area contributed by atoms with E-state index in [1.54, 1.807) is 0 Å². The standard InChI is InChI=1S/C12H14F3N3O3S/c1-7(10(19)16-2)17-11(20)18-8-5-3-4-6-9(8)22(21)12(13,14)15/h3-7H,1-2H3,(H,16,19)(H2,17,18,20)/t7-,22?/m1/s1. The first-order valence-electron chi connectivity index (χ1n) is 6.03. The third kappa shape index (κ3) is 4.72. The van der Waals surface area contributed by atoms with E-state index in [0.717, 1.165) is 6.07 Å². The minimum absolute atomic E-state index is 0.250. The van der Waals surface area contributed by atoms with E-state index < -0.39 is 39.2 Å². The molecule has 1 unspecified atom stereocenters. The molecule has 0 fully saturated rings. The number of carbonyl (C=O) groups excluding carboxylic acids is 2. The van der Waals surface area contributed by atoms with Crippen molar-refractivity contribution >= 4 is 28.4 Å². The number of halogens is 3. The maximum atomic E-state index is 12.5. The summed E-state index contributed by atoms with van der Waals surface area (Å²) in [6, 6.07) is 3.07. The minimum atomic E-state index is -4.94. The molecule has 22 heavy (non-hydrogen) atoms. The molecule has 3 N–H and O–H groups in total. The van der Waals surface area contributed by atoms with Crippen LogP contribution in [0.5, 0.6) is 0 Å². The maximum absolute atomic E-state index is 12.5. The van der Waals surface area contributed by atoms with Crippen molar-refractivity contribution in [3.8, 4) is 0 Å². The predicted molar refractivity (Wildman–Crippen MR) is 74.6 cm³/mol. The zero-order chi connectivity index (χ0) is 16.9. The van der Waals surface area contributed by atoms with Crippen LogP contribution in [0.4, 0.5) is 23.7 Å². The lowest BCUT2D eigenvalue weighted by atomic mass is 10.3. The van der Waals surface area contributed by atoms with Gasteiger partial charge in [-0.3, -0.25) is 4.79 Å². The fraction of sp³-hybridized carbons (Fsp3) is 0.333. The van der Waals surface area contributed by atoms with Gasteiger partial charge in [0.1, 0.15) is 6.04 Å². The number of carbonyl (C=O) groups is 2. The van der Waals surface area contributed by atoms with E-state index in [4.69, 9.17) is 0 Å². The van der Waals surface area contributed by atoms with Gasteiger partial charge in [-0.15, -0.1) is 0 Å². The second kappa shape index (κ2) is 7.25. The second-order valence-corrected chi connectivity index (χ2v) is 5.59. The Labute approximate surface area is 126 Å². The molecule has 1 aromatic carbocycles. The van der Waals surface area contributed by atoms with Gasteiger partial charge in [-0.05, 0) is 19.1 Å². The number of alkyl halides is 3. The largest absolute Gasteiger partial charge is 0.475 e. The van der Waals surface area contributed by atoms with E-state index in [-0.39, 0.29) is 5.69 Å². The van der Waals surface area contributed by atoms with E-state index in [0.29, 0.717) is 0 Å². The molecule has 0 bridgehead atoms. The molecule has 0 aliphatic rings. The topological polar surface area (TPSA) is 87.3 Å². The molecule has 0 aliphatic carbocycles. The summed E-state index contributed by atoms with van der Waals surface area (Å²) in [4.78, 5) is 22.4. The molecule has 122 valence electrons. The van der Waals surface area contributed by atoms with Crippen molar-refractivity contribution in [2.24, 2.45) is 0 Å². The van der Waals surface area contributed by atoms with Crippen molar-refractivity contribution in [3.05, 3.63) is 24.3 Å². The Bertz CT molecular complexity index is 592. The molecular weight excluding hydrogens is 323 g/mol. The van der Waals surface area contributed by atoms with E-state index in [9.17, 15) is 27.0 Å². The monoisotopic (exact) mass is 337 g/mol. The number of hydrogen-bond donors (Lipinski definition) is 3. The normalized spacial score (nSPS) is 13.9. The van der Waals surface area contributed by atoms with Gasteiger partial charge in [0.2, 0.25) is 5.91 Å².